The van der Waals surface area contributed by atoms with Crippen molar-refractivity contribution in [1.82, 2.24) is 15.3 Å². The molecule has 132 valence electrons. The Bertz CT molecular complexity index is 981. The van der Waals surface area contributed by atoms with Gasteiger partial charge in [-0.3, -0.25) is 9.59 Å². The highest BCUT2D eigenvalue weighted by atomic mass is 16.5. The summed E-state index contributed by atoms with van der Waals surface area (Å²) < 4.78 is 5.78. The fourth-order valence-electron chi connectivity index (χ4n) is 2.42. The van der Waals surface area contributed by atoms with E-state index in [1.54, 1.807) is 25.3 Å². The third kappa shape index (κ3) is 3.97. The van der Waals surface area contributed by atoms with Crippen molar-refractivity contribution in [3.8, 4) is 11.6 Å². The van der Waals surface area contributed by atoms with Crippen LogP contribution < -0.4 is 15.6 Å². The quantitative estimate of drug-likeness (QED) is 0.741. The Morgan fingerprint density at radius 1 is 1.15 bits per heavy atom. The van der Waals surface area contributed by atoms with E-state index < -0.39 is 11.5 Å². The highest BCUT2D eigenvalue weighted by molar-refractivity contribution is 5.94. The number of rotatable bonds is 5. The van der Waals surface area contributed by atoms with Crippen molar-refractivity contribution in [2.45, 2.75) is 20.4 Å². The molecule has 26 heavy (non-hydrogen) atoms. The topological polar surface area (TPSA) is 84.1 Å². The minimum absolute atomic E-state index is 0.0857. The first-order chi connectivity index (χ1) is 12.5. The van der Waals surface area contributed by atoms with E-state index in [9.17, 15) is 9.59 Å². The van der Waals surface area contributed by atoms with Crippen LogP contribution in [-0.4, -0.2) is 15.9 Å². The molecule has 0 aliphatic carbocycles. The molecule has 1 aromatic carbocycles. The number of carbonyl (C=O) groups is 1. The number of hydrogen-bond acceptors (Lipinski definition) is 4. The second-order valence-corrected chi connectivity index (χ2v) is 5.89. The van der Waals surface area contributed by atoms with Gasteiger partial charge in [0.2, 0.25) is 5.88 Å². The Hall–Kier alpha value is -3.41. The van der Waals surface area contributed by atoms with Gasteiger partial charge >= 0.3 is 0 Å². The van der Waals surface area contributed by atoms with E-state index in [1.165, 1.54) is 0 Å². The van der Waals surface area contributed by atoms with Crippen LogP contribution in [0.3, 0.4) is 0 Å². The number of hydrogen-bond donors (Lipinski definition) is 2. The first kappa shape index (κ1) is 17.4. The summed E-state index contributed by atoms with van der Waals surface area (Å²) in [7, 11) is 0. The highest BCUT2D eigenvalue weighted by Gasteiger charge is 2.13. The molecule has 2 aromatic heterocycles. The van der Waals surface area contributed by atoms with Crippen LogP contribution in [0.5, 0.6) is 11.6 Å². The van der Waals surface area contributed by atoms with Crippen LogP contribution in [-0.2, 0) is 6.54 Å². The zero-order valence-electron chi connectivity index (χ0n) is 14.6. The first-order valence-corrected chi connectivity index (χ1v) is 8.20. The van der Waals surface area contributed by atoms with Crippen LogP contribution in [0.25, 0.3) is 0 Å². The Labute approximate surface area is 150 Å². The van der Waals surface area contributed by atoms with E-state index >= 15 is 0 Å². The molecule has 2 N–H and O–H groups in total. The van der Waals surface area contributed by atoms with Gasteiger partial charge in [-0.1, -0.05) is 24.3 Å². The average Bonchev–Trinajstić information content (AvgIpc) is 2.64. The second kappa shape index (κ2) is 7.65. The number of ether oxygens (including phenoxy) is 1. The molecule has 0 spiro atoms. The zero-order chi connectivity index (χ0) is 18.5. The number of para-hydroxylation sites is 1. The molecule has 0 saturated heterocycles. The van der Waals surface area contributed by atoms with Crippen molar-refractivity contribution in [1.29, 1.82) is 0 Å². The summed E-state index contributed by atoms with van der Waals surface area (Å²) in [6.07, 6.45) is 1.62. The summed E-state index contributed by atoms with van der Waals surface area (Å²) in [6.45, 7) is 3.83. The van der Waals surface area contributed by atoms with Crippen molar-refractivity contribution in [3.63, 3.8) is 0 Å². The van der Waals surface area contributed by atoms with E-state index in [1.807, 2.05) is 43.3 Å². The Morgan fingerprint density at radius 3 is 2.69 bits per heavy atom. The molecule has 0 atom stereocenters. The van der Waals surface area contributed by atoms with Gasteiger partial charge in [-0.25, -0.2) is 4.98 Å². The van der Waals surface area contributed by atoms with Gasteiger partial charge in [0, 0.05) is 24.0 Å². The number of aromatic amines is 1. The van der Waals surface area contributed by atoms with Crippen LogP contribution in [0.15, 0.2) is 59.5 Å². The molecule has 1 amide bonds. The van der Waals surface area contributed by atoms with Crippen LogP contribution in [0, 0.1) is 13.8 Å². The van der Waals surface area contributed by atoms with Gasteiger partial charge in [0.05, 0.1) is 0 Å². The molecule has 0 fully saturated rings. The lowest BCUT2D eigenvalue weighted by Crippen LogP contribution is -2.30. The zero-order valence-corrected chi connectivity index (χ0v) is 14.6. The number of aryl methyl sites for hydroxylation is 2. The van der Waals surface area contributed by atoms with E-state index in [4.69, 9.17) is 4.74 Å². The van der Waals surface area contributed by atoms with Crippen LogP contribution in [0.2, 0.25) is 0 Å². The number of aromatic nitrogens is 2. The van der Waals surface area contributed by atoms with Gasteiger partial charge in [-0.15, -0.1) is 0 Å². The third-order valence-electron chi connectivity index (χ3n) is 3.99. The molecule has 2 heterocycles. The summed E-state index contributed by atoms with van der Waals surface area (Å²) >= 11 is 0. The monoisotopic (exact) mass is 349 g/mol. The molecular formula is C20H19N3O3. The minimum atomic E-state index is -0.441. The predicted octanol–water partition coefficient (Wildman–Crippen LogP) is 3.11. The van der Waals surface area contributed by atoms with Crippen molar-refractivity contribution in [2.24, 2.45) is 0 Å². The van der Waals surface area contributed by atoms with Gasteiger partial charge in [0.15, 0.2) is 0 Å². The molecule has 0 aliphatic heterocycles. The Morgan fingerprint density at radius 2 is 1.92 bits per heavy atom. The molecule has 3 aromatic rings. The molecule has 0 radical (unpaired) electrons. The Kier molecular flexibility index (Phi) is 5.12. The summed E-state index contributed by atoms with van der Waals surface area (Å²) in [5.41, 5.74) is 1.99. The van der Waals surface area contributed by atoms with Gasteiger partial charge in [-0.2, -0.15) is 0 Å². The summed E-state index contributed by atoms with van der Waals surface area (Å²) in [5, 5.41) is 2.75. The third-order valence-corrected chi connectivity index (χ3v) is 3.99. The molecule has 3 rings (SSSR count). The first-order valence-electron chi connectivity index (χ1n) is 8.20. The SMILES string of the molecule is Cc1cc(C(=O)NCc2cccnc2Oc2ccccc2)c(=O)[nH]c1C. The number of amides is 1. The van der Waals surface area contributed by atoms with Crippen LogP contribution in [0.1, 0.15) is 27.2 Å². The molecule has 6 nitrogen and oxygen atoms in total. The number of H-pyrrole nitrogens is 1. The van der Waals surface area contributed by atoms with E-state index in [-0.39, 0.29) is 12.1 Å². The molecule has 0 saturated carbocycles. The molecule has 0 aliphatic rings. The number of nitrogens with zero attached hydrogens (tertiary/aromatic N) is 1. The number of nitrogens with one attached hydrogen (secondary N) is 2. The van der Waals surface area contributed by atoms with Crippen molar-refractivity contribution in [3.05, 3.63) is 87.5 Å². The number of carbonyl (C=O) groups excluding carboxylic acids is 1. The average molecular weight is 349 g/mol. The number of benzene rings is 1. The maximum Gasteiger partial charge on any atom is 0.261 e. The fraction of sp³-hybridized carbons (Fsp3) is 0.150. The molecular weight excluding hydrogens is 330 g/mol. The summed E-state index contributed by atoms with van der Waals surface area (Å²) in [6, 6.07) is 14.5. The van der Waals surface area contributed by atoms with Gasteiger partial charge in [-0.05, 0) is 43.7 Å². The standard InChI is InChI=1S/C20H19N3O3/c1-13-11-17(19(25)23-14(13)2)18(24)22-12-15-7-6-10-21-20(15)26-16-8-4-3-5-9-16/h3-11H,12H2,1-2H3,(H,22,24)(H,23,25). The highest BCUT2D eigenvalue weighted by Crippen LogP contribution is 2.22. The maximum absolute atomic E-state index is 12.4. The fourth-order valence-corrected chi connectivity index (χ4v) is 2.42. The Balaban J connectivity index is 1.75. The molecule has 0 unspecified atom stereocenters. The van der Waals surface area contributed by atoms with E-state index in [0.717, 1.165) is 11.3 Å². The summed E-state index contributed by atoms with van der Waals surface area (Å²) in [4.78, 5) is 31.3. The van der Waals surface area contributed by atoms with Gasteiger partial charge in [0.1, 0.15) is 11.3 Å². The summed E-state index contributed by atoms with van der Waals surface area (Å²) in [5.74, 6) is 0.626. The van der Waals surface area contributed by atoms with Gasteiger partial charge in [0.25, 0.3) is 11.5 Å². The van der Waals surface area contributed by atoms with Crippen LogP contribution >= 0.6 is 0 Å². The van der Waals surface area contributed by atoms with E-state index in [2.05, 4.69) is 15.3 Å². The second-order valence-electron chi connectivity index (χ2n) is 5.89. The normalized spacial score (nSPS) is 10.4. The van der Waals surface area contributed by atoms with E-state index in [0.29, 0.717) is 17.2 Å². The lowest BCUT2D eigenvalue weighted by atomic mass is 10.1. The lowest BCUT2D eigenvalue weighted by molar-refractivity contribution is 0.0949. The molecule has 0 bridgehead atoms. The van der Waals surface area contributed by atoms with Gasteiger partial charge < -0.3 is 15.0 Å². The number of pyridine rings is 2. The lowest BCUT2D eigenvalue weighted by Gasteiger charge is -2.11. The minimum Gasteiger partial charge on any atom is -0.439 e. The van der Waals surface area contributed by atoms with Crippen molar-refractivity contribution in [2.75, 3.05) is 0 Å². The van der Waals surface area contributed by atoms with Crippen molar-refractivity contribution < 1.29 is 9.53 Å². The predicted molar refractivity (Wildman–Crippen MR) is 98.5 cm³/mol. The smallest absolute Gasteiger partial charge is 0.261 e. The van der Waals surface area contributed by atoms with Crippen LogP contribution in [0.4, 0.5) is 0 Å². The van der Waals surface area contributed by atoms with Crippen molar-refractivity contribution >= 4 is 5.91 Å². The molecule has 6 heteroatoms. The maximum atomic E-state index is 12.4. The largest absolute Gasteiger partial charge is 0.439 e.